The number of rotatable bonds is 0. The first-order valence-electron chi connectivity index (χ1n) is 5.54. The number of Topliss-reactive ketones (excluding diaryl/α,β-unsaturated/α-hetero) is 1. The van der Waals surface area contributed by atoms with Gasteiger partial charge in [-0.1, -0.05) is 0 Å². The van der Waals surface area contributed by atoms with Crippen LogP contribution in [0.3, 0.4) is 0 Å². The highest BCUT2D eigenvalue weighted by atomic mass is 16.6. The Morgan fingerprint density at radius 2 is 1.94 bits per heavy atom. The molecule has 0 unspecified atom stereocenters. The van der Waals surface area contributed by atoms with Crippen molar-refractivity contribution in [2.75, 3.05) is 13.1 Å². The van der Waals surface area contributed by atoms with Crippen LogP contribution in [-0.2, 0) is 14.3 Å². The molecule has 6 nitrogen and oxygen atoms in total. The molecule has 0 bridgehead atoms. The van der Waals surface area contributed by atoms with Gasteiger partial charge in [-0.25, -0.2) is 4.79 Å². The van der Waals surface area contributed by atoms with Crippen LogP contribution in [0.4, 0.5) is 4.79 Å². The first-order valence-corrected chi connectivity index (χ1v) is 5.54. The molecule has 2 heterocycles. The zero-order valence-electron chi connectivity index (χ0n) is 10.2. The summed E-state index contributed by atoms with van der Waals surface area (Å²) in [5.41, 5.74) is -1.39. The number of hydrogen-bond donors (Lipinski definition) is 1. The van der Waals surface area contributed by atoms with E-state index in [9.17, 15) is 14.4 Å². The summed E-state index contributed by atoms with van der Waals surface area (Å²) < 4.78 is 5.17. The molecule has 6 heteroatoms. The molecule has 2 rings (SSSR count). The Bertz CT molecular complexity index is 391. The summed E-state index contributed by atoms with van der Waals surface area (Å²) in [6.45, 7) is 5.77. The summed E-state index contributed by atoms with van der Waals surface area (Å²) in [6, 6.07) is 0. The maximum absolute atomic E-state index is 11.6. The Morgan fingerprint density at radius 3 is 2.35 bits per heavy atom. The van der Waals surface area contributed by atoms with Gasteiger partial charge in [0.2, 0.25) is 5.91 Å². The first-order chi connectivity index (χ1) is 7.72. The van der Waals surface area contributed by atoms with Gasteiger partial charge < -0.3 is 15.0 Å². The molecule has 1 spiro atoms. The lowest BCUT2D eigenvalue weighted by Gasteiger charge is -2.46. The molecule has 0 aromatic heterocycles. The maximum Gasteiger partial charge on any atom is 0.410 e. The number of amides is 2. The number of carbonyl (C=O) groups is 3. The second-order valence-corrected chi connectivity index (χ2v) is 5.57. The lowest BCUT2D eigenvalue weighted by Crippen LogP contribution is -2.71. The van der Waals surface area contributed by atoms with Crippen molar-refractivity contribution in [3.8, 4) is 0 Å². The Hall–Kier alpha value is -1.59. The molecule has 1 N–H and O–H groups in total. The van der Waals surface area contributed by atoms with Crippen molar-refractivity contribution in [1.29, 1.82) is 0 Å². The molecule has 2 amide bonds. The Labute approximate surface area is 99.3 Å². The van der Waals surface area contributed by atoms with Crippen LogP contribution >= 0.6 is 0 Å². The highest BCUT2D eigenvalue weighted by molar-refractivity contribution is 6.11. The number of carbonyl (C=O) groups excluding carboxylic acids is 3. The van der Waals surface area contributed by atoms with E-state index in [1.54, 1.807) is 20.8 Å². The number of nitrogens with one attached hydrogen (secondary N) is 1. The van der Waals surface area contributed by atoms with Gasteiger partial charge in [0.25, 0.3) is 0 Å². The van der Waals surface area contributed by atoms with Crippen molar-refractivity contribution < 1.29 is 19.1 Å². The summed E-state index contributed by atoms with van der Waals surface area (Å²) in [5, 5.41) is 2.63. The molecule has 0 saturated carbocycles. The molecule has 0 atom stereocenters. The third-order valence-corrected chi connectivity index (χ3v) is 2.81. The fourth-order valence-corrected chi connectivity index (χ4v) is 2.01. The number of nitrogens with zero attached hydrogens (tertiary/aromatic N) is 1. The van der Waals surface area contributed by atoms with Crippen LogP contribution in [0.1, 0.15) is 27.2 Å². The zero-order valence-corrected chi connectivity index (χ0v) is 10.2. The fourth-order valence-electron chi connectivity index (χ4n) is 2.01. The topological polar surface area (TPSA) is 75.7 Å². The highest BCUT2D eigenvalue weighted by Crippen LogP contribution is 2.28. The van der Waals surface area contributed by atoms with Crippen LogP contribution in [0.2, 0.25) is 0 Å². The van der Waals surface area contributed by atoms with Crippen LogP contribution in [0.25, 0.3) is 0 Å². The van der Waals surface area contributed by atoms with E-state index in [4.69, 9.17) is 4.74 Å². The fraction of sp³-hybridized carbons (Fsp3) is 0.727. The van der Waals surface area contributed by atoms with Gasteiger partial charge in [0.05, 0.1) is 19.5 Å². The van der Waals surface area contributed by atoms with Crippen LogP contribution in [0.15, 0.2) is 0 Å². The van der Waals surface area contributed by atoms with E-state index in [1.807, 2.05) is 0 Å². The van der Waals surface area contributed by atoms with E-state index in [0.717, 1.165) is 0 Å². The average molecular weight is 240 g/mol. The normalized spacial score (nSPS) is 22.4. The summed E-state index contributed by atoms with van der Waals surface area (Å²) in [4.78, 5) is 35.8. The minimum atomic E-state index is -0.839. The first kappa shape index (κ1) is 11.9. The largest absolute Gasteiger partial charge is 0.444 e. The van der Waals surface area contributed by atoms with Gasteiger partial charge in [-0.2, -0.15) is 0 Å². The van der Waals surface area contributed by atoms with Crippen LogP contribution < -0.4 is 5.32 Å². The van der Waals surface area contributed by atoms with Crippen molar-refractivity contribution >= 4 is 17.8 Å². The minimum absolute atomic E-state index is 0.0812. The van der Waals surface area contributed by atoms with Gasteiger partial charge in [-0.3, -0.25) is 9.59 Å². The van der Waals surface area contributed by atoms with E-state index >= 15 is 0 Å². The average Bonchev–Trinajstić information content (AvgIpc) is 2.34. The van der Waals surface area contributed by atoms with E-state index in [1.165, 1.54) is 4.90 Å². The molecule has 2 fully saturated rings. The van der Waals surface area contributed by atoms with E-state index in [2.05, 4.69) is 5.32 Å². The standard InChI is InChI=1S/C11H16N2O4/c1-10(2,3)17-9(16)13-5-11(6-13)7(14)4-8(15)12-11/h4-6H2,1-3H3,(H,12,15). The molecular weight excluding hydrogens is 224 g/mol. The minimum Gasteiger partial charge on any atom is -0.444 e. The second-order valence-electron chi connectivity index (χ2n) is 5.57. The lowest BCUT2D eigenvalue weighted by atomic mass is 9.87. The van der Waals surface area contributed by atoms with Gasteiger partial charge in [-0.05, 0) is 20.8 Å². The van der Waals surface area contributed by atoms with Crippen LogP contribution in [0, 0.1) is 0 Å². The molecule has 2 aliphatic rings. The number of hydrogen-bond acceptors (Lipinski definition) is 4. The quantitative estimate of drug-likeness (QED) is 0.608. The van der Waals surface area contributed by atoms with E-state index < -0.39 is 17.2 Å². The van der Waals surface area contributed by atoms with E-state index in [0.29, 0.717) is 0 Å². The van der Waals surface area contributed by atoms with Gasteiger partial charge in [0, 0.05) is 0 Å². The lowest BCUT2D eigenvalue weighted by molar-refractivity contribution is -0.127. The van der Waals surface area contributed by atoms with Crippen LogP contribution in [-0.4, -0.2) is 46.9 Å². The van der Waals surface area contributed by atoms with Crippen molar-refractivity contribution in [1.82, 2.24) is 10.2 Å². The monoisotopic (exact) mass is 240 g/mol. The summed E-state index contributed by atoms with van der Waals surface area (Å²) in [6.07, 6.45) is -0.528. The summed E-state index contributed by atoms with van der Waals surface area (Å²) in [7, 11) is 0. The molecule has 94 valence electrons. The smallest absolute Gasteiger partial charge is 0.410 e. The predicted octanol–water partition coefficient (Wildman–Crippen LogP) is 0.0649. The van der Waals surface area contributed by atoms with Crippen molar-refractivity contribution in [2.24, 2.45) is 0 Å². The van der Waals surface area contributed by atoms with Crippen molar-refractivity contribution in [2.45, 2.75) is 38.3 Å². The van der Waals surface area contributed by atoms with E-state index in [-0.39, 0.29) is 31.2 Å². The van der Waals surface area contributed by atoms with Crippen molar-refractivity contribution in [3.63, 3.8) is 0 Å². The number of likely N-dealkylation sites (tertiary alicyclic amines) is 1. The highest BCUT2D eigenvalue weighted by Gasteiger charge is 2.56. The second kappa shape index (κ2) is 3.45. The van der Waals surface area contributed by atoms with Gasteiger partial charge in [-0.15, -0.1) is 0 Å². The number of ether oxygens (including phenoxy) is 1. The third-order valence-electron chi connectivity index (χ3n) is 2.81. The van der Waals surface area contributed by atoms with Gasteiger partial charge >= 0.3 is 6.09 Å². The summed E-state index contributed by atoms with van der Waals surface area (Å²) >= 11 is 0. The third kappa shape index (κ3) is 2.11. The zero-order chi connectivity index (χ0) is 12.8. The van der Waals surface area contributed by atoms with Crippen molar-refractivity contribution in [3.05, 3.63) is 0 Å². The SMILES string of the molecule is CC(C)(C)OC(=O)N1CC2(C1)NC(=O)CC2=O. The molecule has 0 radical (unpaired) electrons. The predicted molar refractivity (Wildman–Crippen MR) is 58.3 cm³/mol. The molecule has 17 heavy (non-hydrogen) atoms. The molecule has 0 aliphatic carbocycles. The number of ketones is 1. The molecular formula is C11H16N2O4. The van der Waals surface area contributed by atoms with Gasteiger partial charge in [0.1, 0.15) is 11.1 Å². The molecule has 0 aromatic rings. The molecule has 0 aromatic carbocycles. The van der Waals surface area contributed by atoms with Crippen LogP contribution in [0.5, 0.6) is 0 Å². The Balaban J connectivity index is 1.93. The maximum atomic E-state index is 11.6. The molecule has 2 aliphatic heterocycles. The summed E-state index contributed by atoms with van der Waals surface area (Å²) in [5.74, 6) is -0.402. The molecule has 2 saturated heterocycles. The Kier molecular flexibility index (Phi) is 2.41. The van der Waals surface area contributed by atoms with Gasteiger partial charge in [0.15, 0.2) is 5.78 Å². The Morgan fingerprint density at radius 1 is 1.35 bits per heavy atom.